The van der Waals surface area contributed by atoms with Crippen molar-refractivity contribution in [3.63, 3.8) is 0 Å². The normalized spacial score (nSPS) is 30.1. The standard InChI is InChI=1S/C14H26N2O3/c1-11-9-15-6-7-16(11)14(17)12(2)19-10-13-5-3-4-8-18-13/h11-13,15H,3-10H2,1-2H3/t11-,12?,13?/m0/s1. The van der Waals surface area contributed by atoms with Gasteiger partial charge in [-0.15, -0.1) is 0 Å². The average molecular weight is 270 g/mol. The number of ether oxygens (including phenoxy) is 2. The van der Waals surface area contributed by atoms with Crippen molar-refractivity contribution >= 4 is 5.91 Å². The Labute approximate surface area is 115 Å². The highest BCUT2D eigenvalue weighted by Gasteiger charge is 2.28. The van der Waals surface area contributed by atoms with Gasteiger partial charge in [-0.3, -0.25) is 4.79 Å². The van der Waals surface area contributed by atoms with Gasteiger partial charge in [0.2, 0.25) is 0 Å². The van der Waals surface area contributed by atoms with Crippen molar-refractivity contribution in [1.29, 1.82) is 0 Å². The minimum absolute atomic E-state index is 0.102. The second kappa shape index (κ2) is 7.22. The summed E-state index contributed by atoms with van der Waals surface area (Å²) in [7, 11) is 0. The number of piperazine rings is 1. The molecule has 5 heteroatoms. The molecule has 0 aromatic rings. The van der Waals surface area contributed by atoms with Gasteiger partial charge in [0, 0.05) is 32.3 Å². The summed E-state index contributed by atoms with van der Waals surface area (Å²) in [6, 6.07) is 0.248. The fraction of sp³-hybridized carbons (Fsp3) is 0.929. The Morgan fingerprint density at radius 1 is 1.53 bits per heavy atom. The lowest BCUT2D eigenvalue weighted by Crippen LogP contribution is -2.55. The Kier molecular flexibility index (Phi) is 5.60. The monoisotopic (exact) mass is 270 g/mol. The fourth-order valence-corrected chi connectivity index (χ4v) is 2.66. The van der Waals surface area contributed by atoms with Crippen LogP contribution in [0.1, 0.15) is 33.1 Å². The third kappa shape index (κ3) is 4.16. The van der Waals surface area contributed by atoms with Gasteiger partial charge in [-0.05, 0) is 33.1 Å². The number of nitrogens with one attached hydrogen (secondary N) is 1. The quantitative estimate of drug-likeness (QED) is 0.820. The van der Waals surface area contributed by atoms with Crippen molar-refractivity contribution in [1.82, 2.24) is 10.2 Å². The van der Waals surface area contributed by atoms with Gasteiger partial charge < -0.3 is 19.7 Å². The van der Waals surface area contributed by atoms with Crippen LogP contribution in [0.3, 0.4) is 0 Å². The maximum Gasteiger partial charge on any atom is 0.251 e. The molecule has 1 N–H and O–H groups in total. The molecule has 0 radical (unpaired) electrons. The van der Waals surface area contributed by atoms with Crippen molar-refractivity contribution in [2.75, 3.05) is 32.8 Å². The van der Waals surface area contributed by atoms with Gasteiger partial charge in [0.05, 0.1) is 12.7 Å². The van der Waals surface area contributed by atoms with Crippen LogP contribution in [0.15, 0.2) is 0 Å². The number of hydrogen-bond acceptors (Lipinski definition) is 4. The minimum Gasteiger partial charge on any atom is -0.376 e. The lowest BCUT2D eigenvalue weighted by Gasteiger charge is -2.35. The van der Waals surface area contributed by atoms with Crippen LogP contribution >= 0.6 is 0 Å². The molecule has 5 nitrogen and oxygen atoms in total. The number of carbonyl (C=O) groups excluding carboxylic acids is 1. The topological polar surface area (TPSA) is 50.8 Å². The molecule has 0 aliphatic carbocycles. The maximum absolute atomic E-state index is 12.3. The van der Waals surface area contributed by atoms with Crippen LogP contribution in [-0.2, 0) is 14.3 Å². The zero-order valence-electron chi connectivity index (χ0n) is 12.1. The first-order valence-electron chi connectivity index (χ1n) is 7.43. The van der Waals surface area contributed by atoms with Crippen molar-refractivity contribution in [2.45, 2.75) is 51.4 Å². The molecule has 0 aromatic carbocycles. The predicted molar refractivity (Wildman–Crippen MR) is 73.0 cm³/mol. The van der Waals surface area contributed by atoms with E-state index in [2.05, 4.69) is 12.2 Å². The Morgan fingerprint density at radius 3 is 3.05 bits per heavy atom. The Morgan fingerprint density at radius 2 is 2.37 bits per heavy atom. The molecule has 2 aliphatic heterocycles. The van der Waals surface area contributed by atoms with Crippen molar-refractivity contribution < 1.29 is 14.3 Å². The number of carbonyl (C=O) groups is 1. The number of amides is 1. The van der Waals surface area contributed by atoms with Crippen LogP contribution < -0.4 is 5.32 Å². The molecule has 2 unspecified atom stereocenters. The van der Waals surface area contributed by atoms with E-state index >= 15 is 0 Å². The van der Waals surface area contributed by atoms with E-state index < -0.39 is 0 Å². The largest absolute Gasteiger partial charge is 0.376 e. The molecular weight excluding hydrogens is 244 g/mol. The molecule has 3 atom stereocenters. The van der Waals surface area contributed by atoms with E-state index in [1.54, 1.807) is 0 Å². The first-order valence-corrected chi connectivity index (χ1v) is 7.43. The van der Waals surface area contributed by atoms with Gasteiger partial charge in [0.15, 0.2) is 0 Å². The predicted octanol–water partition coefficient (Wildman–Crippen LogP) is 0.781. The van der Waals surface area contributed by atoms with Crippen molar-refractivity contribution in [3.8, 4) is 0 Å². The van der Waals surface area contributed by atoms with E-state index in [9.17, 15) is 4.79 Å². The van der Waals surface area contributed by atoms with E-state index in [1.165, 1.54) is 6.42 Å². The van der Waals surface area contributed by atoms with Gasteiger partial charge >= 0.3 is 0 Å². The van der Waals surface area contributed by atoms with Gasteiger partial charge in [0.25, 0.3) is 5.91 Å². The number of nitrogens with zero attached hydrogens (tertiary/aromatic N) is 1. The third-order valence-corrected chi connectivity index (χ3v) is 3.94. The minimum atomic E-state index is -0.369. The van der Waals surface area contributed by atoms with E-state index in [0.29, 0.717) is 6.61 Å². The Bertz CT molecular complexity index is 292. The summed E-state index contributed by atoms with van der Waals surface area (Å²) in [6.07, 6.45) is 3.19. The van der Waals surface area contributed by atoms with Gasteiger partial charge in [-0.2, -0.15) is 0 Å². The summed E-state index contributed by atoms with van der Waals surface area (Å²) in [5.74, 6) is 0.102. The van der Waals surface area contributed by atoms with E-state index in [4.69, 9.17) is 9.47 Å². The molecular formula is C14H26N2O3. The summed E-state index contributed by atoms with van der Waals surface area (Å²) in [5, 5.41) is 3.29. The Balaban J connectivity index is 1.74. The summed E-state index contributed by atoms with van der Waals surface area (Å²) < 4.78 is 11.3. The molecule has 2 rings (SSSR count). The SMILES string of the molecule is CC(OCC1CCCCO1)C(=O)N1CCNC[C@@H]1C. The van der Waals surface area contributed by atoms with Crippen LogP contribution in [0.25, 0.3) is 0 Å². The van der Waals surface area contributed by atoms with Gasteiger partial charge in [-0.1, -0.05) is 0 Å². The van der Waals surface area contributed by atoms with Crippen LogP contribution in [0.5, 0.6) is 0 Å². The zero-order chi connectivity index (χ0) is 13.7. The molecule has 0 aromatic heterocycles. The fourth-order valence-electron chi connectivity index (χ4n) is 2.66. The van der Waals surface area contributed by atoms with Gasteiger partial charge in [0.1, 0.15) is 6.10 Å². The van der Waals surface area contributed by atoms with Gasteiger partial charge in [-0.25, -0.2) is 0 Å². The second-order valence-electron chi connectivity index (χ2n) is 5.55. The molecule has 19 heavy (non-hydrogen) atoms. The first-order chi connectivity index (χ1) is 9.18. The average Bonchev–Trinajstić information content (AvgIpc) is 2.45. The highest BCUT2D eigenvalue weighted by atomic mass is 16.5. The summed E-state index contributed by atoms with van der Waals surface area (Å²) in [5.41, 5.74) is 0. The highest BCUT2D eigenvalue weighted by molar-refractivity contribution is 5.81. The molecule has 2 aliphatic rings. The molecule has 0 spiro atoms. The summed E-state index contributed by atoms with van der Waals surface area (Å²) >= 11 is 0. The van der Waals surface area contributed by atoms with Crippen molar-refractivity contribution in [2.24, 2.45) is 0 Å². The van der Waals surface area contributed by atoms with Crippen LogP contribution in [-0.4, -0.2) is 61.9 Å². The number of hydrogen-bond donors (Lipinski definition) is 1. The smallest absolute Gasteiger partial charge is 0.251 e. The first kappa shape index (κ1) is 14.8. The maximum atomic E-state index is 12.3. The third-order valence-electron chi connectivity index (χ3n) is 3.94. The van der Waals surface area contributed by atoms with Crippen molar-refractivity contribution in [3.05, 3.63) is 0 Å². The molecule has 0 saturated carbocycles. The van der Waals surface area contributed by atoms with E-state index in [1.807, 2.05) is 11.8 Å². The molecule has 1 amide bonds. The van der Waals surface area contributed by atoms with Crippen LogP contribution in [0.2, 0.25) is 0 Å². The molecule has 2 heterocycles. The lowest BCUT2D eigenvalue weighted by atomic mass is 10.1. The van der Waals surface area contributed by atoms with Crippen LogP contribution in [0.4, 0.5) is 0 Å². The molecule has 2 fully saturated rings. The summed E-state index contributed by atoms with van der Waals surface area (Å²) in [4.78, 5) is 14.2. The lowest BCUT2D eigenvalue weighted by molar-refractivity contribution is -0.148. The highest BCUT2D eigenvalue weighted by Crippen LogP contribution is 2.14. The Hall–Kier alpha value is -0.650. The van der Waals surface area contributed by atoms with E-state index in [-0.39, 0.29) is 24.2 Å². The second-order valence-corrected chi connectivity index (χ2v) is 5.55. The molecule has 2 saturated heterocycles. The van der Waals surface area contributed by atoms with E-state index in [0.717, 1.165) is 39.1 Å². The summed E-state index contributed by atoms with van der Waals surface area (Å²) in [6.45, 7) is 7.78. The van der Waals surface area contributed by atoms with Crippen LogP contribution in [0, 0.1) is 0 Å². The number of rotatable bonds is 4. The molecule has 110 valence electrons. The molecule has 0 bridgehead atoms. The zero-order valence-corrected chi connectivity index (χ0v) is 12.1.